The Labute approximate surface area is 200 Å². The summed E-state index contributed by atoms with van der Waals surface area (Å²) in [6.07, 6.45) is 5.45. The van der Waals surface area contributed by atoms with E-state index in [-0.39, 0.29) is 11.6 Å². The van der Waals surface area contributed by atoms with Crippen LogP contribution in [-0.2, 0) is 13.1 Å². The van der Waals surface area contributed by atoms with Crippen molar-refractivity contribution in [1.82, 2.24) is 14.5 Å². The molecule has 0 spiro atoms. The number of piperidine rings is 1. The van der Waals surface area contributed by atoms with Crippen LogP contribution in [-0.4, -0.2) is 33.6 Å². The molecule has 0 bridgehead atoms. The first-order valence-corrected chi connectivity index (χ1v) is 12.0. The lowest BCUT2D eigenvalue weighted by Crippen LogP contribution is -2.40. The van der Waals surface area contributed by atoms with Gasteiger partial charge in [-0.15, -0.1) is 0 Å². The summed E-state index contributed by atoms with van der Waals surface area (Å²) in [6, 6.07) is 29.6. The standard InChI is InChI=1S/C29H30N4O/c34-29-28(30-16-19-33(29)22-23-8-3-1-4-9-23)31-27-14-17-32(18-15-27)21-24-10-7-13-26(20-24)25-11-5-2-6-12-25/h1-13,16,19-20,27H,14-15,17-18,21-22H2,(H,30,31). The molecule has 0 atom stereocenters. The Balaban J connectivity index is 1.17. The number of nitrogens with one attached hydrogen (secondary N) is 1. The van der Waals surface area contributed by atoms with Crippen molar-refractivity contribution in [2.24, 2.45) is 0 Å². The molecule has 34 heavy (non-hydrogen) atoms. The number of hydrogen-bond donors (Lipinski definition) is 1. The zero-order chi connectivity index (χ0) is 23.2. The molecular formula is C29H30N4O. The largest absolute Gasteiger partial charge is 0.363 e. The van der Waals surface area contributed by atoms with Crippen molar-refractivity contribution in [2.45, 2.75) is 32.0 Å². The van der Waals surface area contributed by atoms with Gasteiger partial charge in [-0.3, -0.25) is 9.69 Å². The van der Waals surface area contributed by atoms with Gasteiger partial charge in [0, 0.05) is 38.1 Å². The van der Waals surface area contributed by atoms with Crippen molar-refractivity contribution >= 4 is 5.82 Å². The molecule has 1 aliphatic heterocycles. The van der Waals surface area contributed by atoms with E-state index in [1.807, 2.05) is 30.3 Å². The van der Waals surface area contributed by atoms with Crippen LogP contribution in [0.25, 0.3) is 11.1 Å². The quantitative estimate of drug-likeness (QED) is 0.429. The molecule has 1 saturated heterocycles. The second-order valence-electron chi connectivity index (χ2n) is 8.96. The second-order valence-corrected chi connectivity index (χ2v) is 8.96. The molecule has 4 aromatic rings. The van der Waals surface area contributed by atoms with Gasteiger partial charge in [-0.1, -0.05) is 78.9 Å². The van der Waals surface area contributed by atoms with E-state index in [1.165, 1.54) is 16.7 Å². The normalized spacial score (nSPS) is 14.7. The molecular weight excluding hydrogens is 420 g/mol. The first kappa shape index (κ1) is 22.1. The van der Waals surface area contributed by atoms with Gasteiger partial charge in [0.05, 0.1) is 6.54 Å². The highest BCUT2D eigenvalue weighted by molar-refractivity contribution is 5.63. The molecule has 0 radical (unpaired) electrons. The third-order valence-electron chi connectivity index (χ3n) is 6.48. The third-order valence-corrected chi connectivity index (χ3v) is 6.48. The van der Waals surface area contributed by atoms with Crippen molar-refractivity contribution in [3.05, 3.63) is 119 Å². The fourth-order valence-corrected chi connectivity index (χ4v) is 4.62. The van der Waals surface area contributed by atoms with E-state index < -0.39 is 0 Å². The van der Waals surface area contributed by atoms with Crippen LogP contribution in [0.2, 0.25) is 0 Å². The summed E-state index contributed by atoms with van der Waals surface area (Å²) in [4.78, 5) is 19.8. The fourth-order valence-electron chi connectivity index (χ4n) is 4.62. The van der Waals surface area contributed by atoms with E-state index in [1.54, 1.807) is 17.0 Å². The molecule has 1 aliphatic rings. The molecule has 0 unspecified atom stereocenters. The number of likely N-dealkylation sites (tertiary alicyclic amines) is 1. The van der Waals surface area contributed by atoms with Crippen LogP contribution in [0, 0.1) is 0 Å². The Kier molecular flexibility index (Phi) is 6.82. The van der Waals surface area contributed by atoms with Gasteiger partial charge >= 0.3 is 0 Å². The molecule has 0 amide bonds. The monoisotopic (exact) mass is 450 g/mol. The van der Waals surface area contributed by atoms with Crippen LogP contribution in [0.1, 0.15) is 24.0 Å². The summed E-state index contributed by atoms with van der Waals surface area (Å²) < 4.78 is 1.72. The molecule has 5 rings (SSSR count). The number of rotatable bonds is 7. The number of benzene rings is 3. The highest BCUT2D eigenvalue weighted by Crippen LogP contribution is 2.22. The van der Waals surface area contributed by atoms with E-state index in [9.17, 15) is 4.79 Å². The van der Waals surface area contributed by atoms with Crippen molar-refractivity contribution in [3.8, 4) is 11.1 Å². The molecule has 1 N–H and O–H groups in total. The molecule has 0 saturated carbocycles. The summed E-state index contributed by atoms with van der Waals surface area (Å²) in [6.45, 7) is 3.49. The average molecular weight is 451 g/mol. The lowest BCUT2D eigenvalue weighted by Gasteiger charge is -2.32. The number of hydrogen-bond acceptors (Lipinski definition) is 4. The van der Waals surface area contributed by atoms with Gasteiger partial charge in [0.15, 0.2) is 5.82 Å². The topological polar surface area (TPSA) is 50.2 Å². The molecule has 3 aromatic carbocycles. The smallest absolute Gasteiger partial charge is 0.293 e. The van der Waals surface area contributed by atoms with Crippen molar-refractivity contribution in [1.29, 1.82) is 0 Å². The minimum Gasteiger partial charge on any atom is -0.363 e. The lowest BCUT2D eigenvalue weighted by atomic mass is 10.0. The number of aromatic nitrogens is 2. The summed E-state index contributed by atoms with van der Waals surface area (Å²) >= 11 is 0. The van der Waals surface area contributed by atoms with Crippen LogP contribution in [0.5, 0.6) is 0 Å². The van der Waals surface area contributed by atoms with Crippen LogP contribution < -0.4 is 10.9 Å². The highest BCUT2D eigenvalue weighted by Gasteiger charge is 2.21. The van der Waals surface area contributed by atoms with Gasteiger partial charge in [-0.05, 0) is 41.2 Å². The zero-order valence-electron chi connectivity index (χ0n) is 19.3. The Morgan fingerprint density at radius 1 is 0.794 bits per heavy atom. The fraction of sp³-hybridized carbons (Fsp3) is 0.241. The van der Waals surface area contributed by atoms with Crippen molar-refractivity contribution in [3.63, 3.8) is 0 Å². The van der Waals surface area contributed by atoms with E-state index in [2.05, 4.69) is 69.8 Å². The van der Waals surface area contributed by atoms with E-state index >= 15 is 0 Å². The molecule has 5 heteroatoms. The molecule has 2 heterocycles. The Hall–Kier alpha value is -3.70. The molecule has 5 nitrogen and oxygen atoms in total. The maximum atomic E-state index is 12.9. The van der Waals surface area contributed by atoms with Gasteiger partial charge in [-0.2, -0.15) is 0 Å². The highest BCUT2D eigenvalue weighted by atomic mass is 16.1. The van der Waals surface area contributed by atoms with Gasteiger partial charge < -0.3 is 9.88 Å². The predicted molar refractivity (Wildman–Crippen MR) is 138 cm³/mol. The van der Waals surface area contributed by atoms with Gasteiger partial charge in [-0.25, -0.2) is 4.98 Å². The Morgan fingerprint density at radius 2 is 1.47 bits per heavy atom. The second kappa shape index (κ2) is 10.5. The number of anilines is 1. The van der Waals surface area contributed by atoms with E-state index in [0.717, 1.165) is 38.0 Å². The average Bonchev–Trinajstić information content (AvgIpc) is 2.89. The summed E-state index contributed by atoms with van der Waals surface area (Å²) in [5, 5.41) is 3.42. The maximum absolute atomic E-state index is 12.9. The summed E-state index contributed by atoms with van der Waals surface area (Å²) in [5.41, 5.74) is 4.89. The Morgan fingerprint density at radius 3 is 2.24 bits per heavy atom. The first-order valence-electron chi connectivity index (χ1n) is 12.0. The SMILES string of the molecule is O=c1c(NC2CCN(Cc3cccc(-c4ccccc4)c3)CC2)nccn1Cc1ccccc1. The molecule has 0 aliphatic carbocycles. The molecule has 1 aromatic heterocycles. The number of nitrogens with zero attached hydrogens (tertiary/aromatic N) is 3. The summed E-state index contributed by atoms with van der Waals surface area (Å²) in [5.74, 6) is 0.451. The first-order chi connectivity index (χ1) is 16.7. The van der Waals surface area contributed by atoms with Gasteiger partial charge in [0.25, 0.3) is 5.56 Å². The van der Waals surface area contributed by atoms with Crippen molar-refractivity contribution < 1.29 is 0 Å². The van der Waals surface area contributed by atoms with E-state index in [0.29, 0.717) is 12.4 Å². The Bertz CT molecular complexity index is 1260. The molecule has 1 fully saturated rings. The van der Waals surface area contributed by atoms with Gasteiger partial charge in [0.1, 0.15) is 0 Å². The van der Waals surface area contributed by atoms with Crippen LogP contribution in [0.4, 0.5) is 5.82 Å². The van der Waals surface area contributed by atoms with Crippen LogP contribution in [0.3, 0.4) is 0 Å². The van der Waals surface area contributed by atoms with Crippen LogP contribution in [0.15, 0.2) is 102 Å². The minimum absolute atomic E-state index is 0.0634. The minimum atomic E-state index is -0.0634. The van der Waals surface area contributed by atoms with Gasteiger partial charge in [0.2, 0.25) is 0 Å². The van der Waals surface area contributed by atoms with Crippen molar-refractivity contribution in [2.75, 3.05) is 18.4 Å². The van der Waals surface area contributed by atoms with Crippen LogP contribution >= 0.6 is 0 Å². The summed E-state index contributed by atoms with van der Waals surface area (Å²) in [7, 11) is 0. The molecule has 172 valence electrons. The lowest BCUT2D eigenvalue weighted by molar-refractivity contribution is 0.211. The zero-order valence-corrected chi connectivity index (χ0v) is 19.3. The third kappa shape index (κ3) is 5.43. The van der Waals surface area contributed by atoms with E-state index in [4.69, 9.17) is 0 Å². The maximum Gasteiger partial charge on any atom is 0.293 e. The predicted octanol–water partition coefficient (Wildman–Crippen LogP) is 5.04.